The van der Waals surface area contributed by atoms with Gasteiger partial charge in [0.15, 0.2) is 0 Å². The lowest BCUT2D eigenvalue weighted by Crippen LogP contribution is -2.34. The van der Waals surface area contributed by atoms with Crippen molar-refractivity contribution in [1.29, 1.82) is 0 Å². The fourth-order valence-corrected chi connectivity index (χ4v) is 3.73. The van der Waals surface area contributed by atoms with Gasteiger partial charge in [-0.25, -0.2) is 12.8 Å². The summed E-state index contributed by atoms with van der Waals surface area (Å²) < 4.78 is 39.9. The van der Waals surface area contributed by atoms with E-state index < -0.39 is 15.8 Å². The molecule has 0 aliphatic heterocycles. The second-order valence-corrected chi connectivity index (χ2v) is 6.87. The molecule has 1 rings (SSSR count). The second-order valence-electron chi connectivity index (χ2n) is 3.67. The molecule has 1 aromatic rings. The van der Waals surface area contributed by atoms with Crippen LogP contribution in [0.3, 0.4) is 0 Å². The molecule has 0 unspecified atom stereocenters. The highest BCUT2D eigenvalue weighted by molar-refractivity contribution is 9.10. The molecule has 0 saturated carbocycles. The number of halogens is 3. The van der Waals surface area contributed by atoms with Gasteiger partial charge in [0.05, 0.1) is 0 Å². The number of hydrogen-bond donors (Lipinski definition) is 0. The van der Waals surface area contributed by atoms with E-state index in [1.54, 1.807) is 0 Å². The molecule has 0 saturated heterocycles. The van der Waals surface area contributed by atoms with E-state index in [0.29, 0.717) is 17.4 Å². The Bertz CT molecular complexity index is 504. The molecule has 0 N–H and O–H groups in total. The summed E-state index contributed by atoms with van der Waals surface area (Å²) in [5.74, 6) is -0.586. The van der Waals surface area contributed by atoms with Crippen LogP contribution in [0.1, 0.15) is 13.3 Å². The molecule has 1 aromatic carbocycles. The molecule has 7 heteroatoms. The van der Waals surface area contributed by atoms with Gasteiger partial charge < -0.3 is 0 Å². The first-order chi connectivity index (χ1) is 8.43. The maximum absolute atomic E-state index is 13.7. The maximum Gasteiger partial charge on any atom is 0.246 e. The largest absolute Gasteiger partial charge is 0.246 e. The van der Waals surface area contributed by atoms with Gasteiger partial charge in [-0.05, 0) is 24.6 Å². The highest BCUT2D eigenvalue weighted by Crippen LogP contribution is 2.22. The van der Waals surface area contributed by atoms with E-state index in [0.717, 1.165) is 6.07 Å². The molecule has 0 fully saturated rings. The molecular weight excluding hydrogens is 345 g/mol. The van der Waals surface area contributed by atoms with Crippen molar-refractivity contribution in [3.05, 3.63) is 28.5 Å². The zero-order valence-electron chi connectivity index (χ0n) is 9.87. The molecule has 102 valence electrons. The monoisotopic (exact) mass is 357 g/mol. The van der Waals surface area contributed by atoms with Gasteiger partial charge in [-0.2, -0.15) is 4.31 Å². The zero-order chi connectivity index (χ0) is 13.8. The summed E-state index contributed by atoms with van der Waals surface area (Å²) in [5, 5.41) is 0. The Labute approximate surface area is 120 Å². The van der Waals surface area contributed by atoms with Crippen molar-refractivity contribution < 1.29 is 12.8 Å². The van der Waals surface area contributed by atoms with Crippen LogP contribution in [0.2, 0.25) is 0 Å². The Balaban J connectivity index is 3.17. The van der Waals surface area contributed by atoms with Crippen molar-refractivity contribution in [2.24, 2.45) is 0 Å². The molecule has 0 radical (unpaired) electrons. The topological polar surface area (TPSA) is 37.4 Å². The third kappa shape index (κ3) is 3.66. The van der Waals surface area contributed by atoms with Crippen LogP contribution < -0.4 is 0 Å². The molecule has 18 heavy (non-hydrogen) atoms. The molecule has 0 aliphatic rings. The highest BCUT2D eigenvalue weighted by Gasteiger charge is 2.26. The fourth-order valence-electron chi connectivity index (χ4n) is 1.52. The Kier molecular flexibility index (Phi) is 6.04. The SMILES string of the molecule is CCCN(CCCl)S(=O)(=O)c1ccc(Br)cc1F. The minimum atomic E-state index is -3.82. The third-order valence-corrected chi connectivity index (χ3v) is 4.91. The summed E-state index contributed by atoms with van der Waals surface area (Å²) in [7, 11) is -3.82. The van der Waals surface area contributed by atoms with Crippen molar-refractivity contribution >= 4 is 37.6 Å². The predicted octanol–water partition coefficient (Wildman–Crippen LogP) is 3.23. The number of hydrogen-bond acceptors (Lipinski definition) is 2. The fraction of sp³-hybridized carbons (Fsp3) is 0.455. The number of benzene rings is 1. The van der Waals surface area contributed by atoms with Gasteiger partial charge in [0, 0.05) is 23.4 Å². The van der Waals surface area contributed by atoms with Crippen molar-refractivity contribution in [3.63, 3.8) is 0 Å². The van der Waals surface area contributed by atoms with E-state index in [9.17, 15) is 12.8 Å². The minimum Gasteiger partial charge on any atom is -0.207 e. The number of sulfonamides is 1. The van der Waals surface area contributed by atoms with Gasteiger partial charge in [0.2, 0.25) is 10.0 Å². The predicted molar refractivity (Wildman–Crippen MR) is 73.9 cm³/mol. The Hall–Kier alpha value is -0.170. The van der Waals surface area contributed by atoms with Crippen LogP contribution in [0.5, 0.6) is 0 Å². The first-order valence-electron chi connectivity index (χ1n) is 5.44. The summed E-state index contributed by atoms with van der Waals surface area (Å²) in [6.45, 7) is 2.35. The summed E-state index contributed by atoms with van der Waals surface area (Å²) in [6, 6.07) is 3.89. The minimum absolute atomic E-state index is 0.174. The molecular formula is C11H14BrClFNO2S. The average Bonchev–Trinajstić information content (AvgIpc) is 2.28. The van der Waals surface area contributed by atoms with Gasteiger partial charge in [0.25, 0.3) is 0 Å². The van der Waals surface area contributed by atoms with Crippen LogP contribution in [0.25, 0.3) is 0 Å². The lowest BCUT2D eigenvalue weighted by molar-refractivity contribution is 0.424. The quantitative estimate of drug-likeness (QED) is 0.732. The van der Waals surface area contributed by atoms with Crippen LogP contribution in [0, 0.1) is 5.82 Å². The van der Waals surface area contributed by atoms with Crippen LogP contribution in [0.4, 0.5) is 4.39 Å². The highest BCUT2D eigenvalue weighted by atomic mass is 79.9. The molecule has 0 aliphatic carbocycles. The molecule has 0 atom stereocenters. The number of alkyl halides is 1. The maximum atomic E-state index is 13.7. The van der Waals surface area contributed by atoms with E-state index in [-0.39, 0.29) is 17.3 Å². The standard InChI is InChI=1S/C11H14BrClFNO2S/c1-2-6-15(7-5-13)18(16,17)11-4-3-9(12)8-10(11)14/h3-4,8H,2,5-7H2,1H3. The van der Waals surface area contributed by atoms with Crippen LogP contribution in [-0.2, 0) is 10.0 Å². The van der Waals surface area contributed by atoms with Crippen molar-refractivity contribution in [3.8, 4) is 0 Å². The van der Waals surface area contributed by atoms with Gasteiger partial charge in [-0.15, -0.1) is 11.6 Å². The number of rotatable bonds is 6. The van der Waals surface area contributed by atoms with E-state index in [1.165, 1.54) is 16.4 Å². The van der Waals surface area contributed by atoms with Crippen LogP contribution in [0.15, 0.2) is 27.6 Å². The summed E-state index contributed by atoms with van der Waals surface area (Å²) in [4.78, 5) is -0.315. The average molecular weight is 359 g/mol. The lowest BCUT2D eigenvalue weighted by atomic mass is 10.3. The van der Waals surface area contributed by atoms with Gasteiger partial charge in [0.1, 0.15) is 10.7 Å². The number of nitrogens with zero attached hydrogens (tertiary/aromatic N) is 1. The Morgan fingerprint density at radius 3 is 2.56 bits per heavy atom. The zero-order valence-corrected chi connectivity index (χ0v) is 13.0. The second kappa shape index (κ2) is 6.84. The van der Waals surface area contributed by atoms with Crippen molar-refractivity contribution in [2.75, 3.05) is 19.0 Å². The van der Waals surface area contributed by atoms with Gasteiger partial charge in [-0.3, -0.25) is 0 Å². The van der Waals surface area contributed by atoms with E-state index in [4.69, 9.17) is 11.6 Å². The Morgan fingerprint density at radius 1 is 1.39 bits per heavy atom. The van der Waals surface area contributed by atoms with Gasteiger partial charge >= 0.3 is 0 Å². The van der Waals surface area contributed by atoms with E-state index in [1.807, 2.05) is 6.92 Å². The smallest absolute Gasteiger partial charge is 0.207 e. The Morgan fingerprint density at radius 2 is 2.06 bits per heavy atom. The lowest BCUT2D eigenvalue weighted by Gasteiger charge is -2.20. The van der Waals surface area contributed by atoms with Crippen molar-refractivity contribution in [1.82, 2.24) is 4.31 Å². The third-order valence-electron chi connectivity index (χ3n) is 2.32. The molecule has 3 nitrogen and oxygen atoms in total. The molecule has 0 heterocycles. The summed E-state index contributed by atoms with van der Waals surface area (Å²) in [6.07, 6.45) is 0.647. The normalized spacial score (nSPS) is 12.1. The van der Waals surface area contributed by atoms with E-state index >= 15 is 0 Å². The van der Waals surface area contributed by atoms with Crippen molar-refractivity contribution in [2.45, 2.75) is 18.2 Å². The van der Waals surface area contributed by atoms with Crippen LogP contribution >= 0.6 is 27.5 Å². The first-order valence-corrected chi connectivity index (χ1v) is 8.21. The van der Waals surface area contributed by atoms with Gasteiger partial charge in [-0.1, -0.05) is 22.9 Å². The molecule has 0 spiro atoms. The summed E-state index contributed by atoms with van der Waals surface area (Å²) in [5.41, 5.74) is 0. The first kappa shape index (κ1) is 15.9. The molecule has 0 aromatic heterocycles. The molecule has 0 bridgehead atoms. The molecule has 0 amide bonds. The van der Waals surface area contributed by atoms with Crippen LogP contribution in [-0.4, -0.2) is 31.7 Å². The summed E-state index contributed by atoms with van der Waals surface area (Å²) >= 11 is 8.68. The van der Waals surface area contributed by atoms with E-state index in [2.05, 4.69) is 15.9 Å².